The van der Waals surface area contributed by atoms with E-state index in [1.807, 2.05) is 32.9 Å². The minimum Gasteiger partial charge on any atom is -0.492 e. The van der Waals surface area contributed by atoms with Crippen LogP contribution in [0.3, 0.4) is 0 Å². The number of hydrogen-bond acceptors (Lipinski definition) is 6. The van der Waals surface area contributed by atoms with Crippen molar-refractivity contribution in [2.45, 2.75) is 32.0 Å². The Bertz CT molecular complexity index is 1210. The first-order chi connectivity index (χ1) is 14.3. The molecule has 0 bridgehead atoms. The molecule has 2 heterocycles. The number of amides is 1. The van der Waals surface area contributed by atoms with E-state index in [0.29, 0.717) is 34.4 Å². The van der Waals surface area contributed by atoms with Crippen LogP contribution in [0.1, 0.15) is 26.8 Å². The predicted molar refractivity (Wildman–Crippen MR) is 118 cm³/mol. The number of aromatic nitrogens is 4. The van der Waals surface area contributed by atoms with Gasteiger partial charge in [0.2, 0.25) is 5.91 Å². The summed E-state index contributed by atoms with van der Waals surface area (Å²) in [6, 6.07) is 7.15. The van der Waals surface area contributed by atoms with Gasteiger partial charge >= 0.3 is 5.69 Å². The maximum atomic E-state index is 12.7. The molecule has 0 saturated heterocycles. The van der Waals surface area contributed by atoms with Crippen molar-refractivity contribution < 1.29 is 9.53 Å². The molecule has 1 aromatic carbocycles. The van der Waals surface area contributed by atoms with Gasteiger partial charge in [0.15, 0.2) is 16.3 Å². The second-order valence-electron chi connectivity index (χ2n) is 7.00. The van der Waals surface area contributed by atoms with Crippen LogP contribution < -0.4 is 21.3 Å². The highest BCUT2D eigenvalue weighted by molar-refractivity contribution is 7.99. The molecule has 0 unspecified atom stereocenters. The number of rotatable bonds is 7. The predicted octanol–water partition coefficient (Wildman–Crippen LogP) is 2.14. The number of nitrogens with zero attached hydrogens (tertiary/aromatic N) is 4. The lowest BCUT2D eigenvalue weighted by Gasteiger charge is -2.13. The van der Waals surface area contributed by atoms with Gasteiger partial charge in [-0.1, -0.05) is 23.9 Å². The van der Waals surface area contributed by atoms with Gasteiger partial charge in [0.25, 0.3) is 5.56 Å². The first-order valence-corrected chi connectivity index (χ1v) is 10.6. The fourth-order valence-corrected chi connectivity index (χ4v) is 4.07. The average Bonchev–Trinajstić information content (AvgIpc) is 3.11. The number of thioether (sulfide) groups is 1. The van der Waals surface area contributed by atoms with Gasteiger partial charge in [0, 0.05) is 20.1 Å². The van der Waals surface area contributed by atoms with Gasteiger partial charge in [-0.05, 0) is 32.9 Å². The summed E-state index contributed by atoms with van der Waals surface area (Å²) in [7, 11) is 3.02. The Labute approximate surface area is 177 Å². The van der Waals surface area contributed by atoms with Crippen LogP contribution in [0, 0.1) is 0 Å². The second-order valence-corrected chi connectivity index (χ2v) is 7.94. The number of para-hydroxylation sites is 2. The van der Waals surface area contributed by atoms with E-state index in [0.717, 1.165) is 4.57 Å². The lowest BCUT2D eigenvalue weighted by molar-refractivity contribution is -0.113. The Hall–Kier alpha value is -3.01. The smallest absolute Gasteiger partial charge is 0.332 e. The second kappa shape index (κ2) is 8.78. The Kier molecular flexibility index (Phi) is 6.35. The summed E-state index contributed by atoms with van der Waals surface area (Å²) in [5.41, 5.74) is 0.401. The Morgan fingerprint density at radius 3 is 2.57 bits per heavy atom. The highest BCUT2D eigenvalue weighted by atomic mass is 32.2. The number of benzene rings is 1. The van der Waals surface area contributed by atoms with Gasteiger partial charge in [-0.2, -0.15) is 0 Å². The van der Waals surface area contributed by atoms with Crippen LogP contribution in [0.2, 0.25) is 0 Å². The van der Waals surface area contributed by atoms with E-state index in [4.69, 9.17) is 4.74 Å². The van der Waals surface area contributed by atoms with Crippen molar-refractivity contribution in [2.75, 3.05) is 17.7 Å². The van der Waals surface area contributed by atoms with Crippen molar-refractivity contribution in [2.24, 2.45) is 14.1 Å². The average molecular weight is 432 g/mol. The molecule has 0 radical (unpaired) electrons. The quantitative estimate of drug-likeness (QED) is 0.576. The summed E-state index contributed by atoms with van der Waals surface area (Å²) >= 11 is 1.21. The first-order valence-electron chi connectivity index (χ1n) is 9.58. The molecule has 0 saturated carbocycles. The molecule has 9 nitrogen and oxygen atoms in total. The molecule has 10 heteroatoms. The molecule has 160 valence electrons. The summed E-state index contributed by atoms with van der Waals surface area (Å²) in [6.45, 7) is 6.22. The highest BCUT2D eigenvalue weighted by Gasteiger charge is 2.21. The zero-order chi connectivity index (χ0) is 22.0. The van der Waals surface area contributed by atoms with Crippen LogP contribution >= 0.6 is 11.8 Å². The summed E-state index contributed by atoms with van der Waals surface area (Å²) < 4.78 is 9.71. The largest absolute Gasteiger partial charge is 0.492 e. The lowest BCUT2D eigenvalue weighted by atomic mass is 10.3. The molecular formula is C20H25N5O4S. The molecule has 0 aliphatic carbocycles. The van der Waals surface area contributed by atoms with E-state index in [-0.39, 0.29) is 17.7 Å². The van der Waals surface area contributed by atoms with Crippen LogP contribution in [-0.4, -0.2) is 37.0 Å². The van der Waals surface area contributed by atoms with Crippen molar-refractivity contribution in [3.8, 4) is 5.75 Å². The third-order valence-corrected chi connectivity index (χ3v) is 5.52. The number of anilines is 1. The molecule has 0 fully saturated rings. The molecule has 3 rings (SSSR count). The maximum Gasteiger partial charge on any atom is 0.332 e. The van der Waals surface area contributed by atoms with E-state index in [1.165, 1.54) is 23.4 Å². The fraction of sp³-hybridized carbons (Fsp3) is 0.400. The van der Waals surface area contributed by atoms with Crippen molar-refractivity contribution in [1.82, 2.24) is 18.7 Å². The zero-order valence-electron chi connectivity index (χ0n) is 17.6. The molecule has 3 aromatic rings. The van der Waals surface area contributed by atoms with Crippen molar-refractivity contribution >= 4 is 34.5 Å². The van der Waals surface area contributed by atoms with Gasteiger partial charge in [-0.25, -0.2) is 9.78 Å². The summed E-state index contributed by atoms with van der Waals surface area (Å²) in [5, 5.41) is 3.35. The van der Waals surface area contributed by atoms with Crippen molar-refractivity contribution in [1.29, 1.82) is 0 Å². The van der Waals surface area contributed by atoms with Crippen molar-refractivity contribution in [3.05, 3.63) is 45.1 Å². The number of carbonyl (C=O) groups is 1. The molecule has 1 N–H and O–H groups in total. The Morgan fingerprint density at radius 2 is 1.90 bits per heavy atom. The number of ether oxygens (including phenoxy) is 1. The van der Waals surface area contributed by atoms with E-state index in [2.05, 4.69) is 10.3 Å². The molecule has 0 aliphatic heterocycles. The van der Waals surface area contributed by atoms with E-state index < -0.39 is 11.2 Å². The number of hydrogen-bond donors (Lipinski definition) is 1. The van der Waals surface area contributed by atoms with Crippen LogP contribution in [-0.2, 0) is 18.9 Å². The van der Waals surface area contributed by atoms with E-state index in [1.54, 1.807) is 23.7 Å². The number of carbonyl (C=O) groups excluding carboxylic acids is 1. The molecule has 1 amide bonds. The number of fused-ring (bicyclic) bond motifs is 1. The minimum absolute atomic E-state index is 0.0792. The van der Waals surface area contributed by atoms with Crippen LogP contribution in [0.5, 0.6) is 5.75 Å². The molecular weight excluding hydrogens is 406 g/mol. The van der Waals surface area contributed by atoms with E-state index >= 15 is 0 Å². The van der Waals surface area contributed by atoms with Gasteiger partial charge < -0.3 is 14.6 Å². The third kappa shape index (κ3) is 4.00. The fourth-order valence-electron chi connectivity index (χ4n) is 3.14. The minimum atomic E-state index is -0.442. The molecule has 2 aromatic heterocycles. The van der Waals surface area contributed by atoms with E-state index in [9.17, 15) is 14.4 Å². The highest BCUT2D eigenvalue weighted by Crippen LogP contribution is 2.27. The SMILES string of the molecule is CCOc1ccccc1NC(=O)CSc1nc2c(c(=O)n(C)c(=O)n2C)n1C(C)C. The first kappa shape index (κ1) is 21.7. The van der Waals surface area contributed by atoms with Gasteiger partial charge in [0.05, 0.1) is 18.0 Å². The standard InChI is InChI=1S/C20H25N5O4S/c1-6-29-14-10-8-7-9-13(14)21-15(26)11-30-19-22-17-16(25(19)12(2)3)18(27)24(5)20(28)23(17)4/h7-10,12H,6,11H2,1-5H3,(H,21,26). The molecule has 0 aliphatic rings. The Balaban J connectivity index is 1.90. The van der Waals surface area contributed by atoms with Gasteiger partial charge in [-0.3, -0.25) is 18.7 Å². The van der Waals surface area contributed by atoms with Crippen LogP contribution in [0.4, 0.5) is 5.69 Å². The lowest BCUT2D eigenvalue weighted by Crippen LogP contribution is -2.37. The van der Waals surface area contributed by atoms with Crippen molar-refractivity contribution in [3.63, 3.8) is 0 Å². The topological polar surface area (TPSA) is 100 Å². The zero-order valence-corrected chi connectivity index (χ0v) is 18.4. The molecule has 30 heavy (non-hydrogen) atoms. The van der Waals surface area contributed by atoms with Gasteiger partial charge in [-0.15, -0.1) is 0 Å². The van der Waals surface area contributed by atoms with Crippen LogP contribution in [0.15, 0.2) is 39.0 Å². The Morgan fingerprint density at radius 1 is 1.20 bits per heavy atom. The monoisotopic (exact) mass is 431 g/mol. The van der Waals surface area contributed by atoms with Crippen LogP contribution in [0.25, 0.3) is 11.2 Å². The summed E-state index contributed by atoms with van der Waals surface area (Å²) in [5.74, 6) is 0.465. The number of aryl methyl sites for hydroxylation is 1. The number of imidazole rings is 1. The number of nitrogens with one attached hydrogen (secondary N) is 1. The summed E-state index contributed by atoms with van der Waals surface area (Å²) in [6.07, 6.45) is 0. The molecule has 0 spiro atoms. The maximum absolute atomic E-state index is 12.7. The van der Waals surface area contributed by atoms with Gasteiger partial charge in [0.1, 0.15) is 5.75 Å². The third-order valence-electron chi connectivity index (χ3n) is 4.57. The normalized spacial score (nSPS) is 11.3. The molecule has 0 atom stereocenters. The summed E-state index contributed by atoms with van der Waals surface area (Å²) in [4.78, 5) is 42.0.